The molecule has 2 aromatic rings. The van der Waals surface area contributed by atoms with E-state index in [0.29, 0.717) is 19.4 Å². The molecular weight excluding hydrogens is 312 g/mol. The van der Waals surface area contributed by atoms with E-state index in [4.69, 9.17) is 0 Å². The number of benzene rings is 2. The van der Waals surface area contributed by atoms with E-state index in [9.17, 15) is 9.59 Å². The zero-order chi connectivity index (χ0) is 17.9. The molecule has 0 aromatic heterocycles. The molecule has 1 heterocycles. The highest BCUT2D eigenvalue weighted by atomic mass is 16.2. The minimum absolute atomic E-state index is 0.00149. The second kappa shape index (κ2) is 7.09. The average Bonchev–Trinajstić information content (AvgIpc) is 2.96. The van der Waals surface area contributed by atoms with E-state index in [0.717, 1.165) is 17.7 Å². The van der Waals surface area contributed by atoms with Crippen LogP contribution in [-0.2, 0) is 22.6 Å². The van der Waals surface area contributed by atoms with E-state index in [1.807, 2.05) is 61.5 Å². The molecule has 1 aliphatic rings. The first-order valence-corrected chi connectivity index (χ1v) is 8.79. The Morgan fingerprint density at radius 1 is 1.08 bits per heavy atom. The minimum Gasteiger partial charge on any atom is -0.350 e. The number of carbonyl (C=O) groups excluding carboxylic acids is 2. The van der Waals surface area contributed by atoms with Crippen LogP contribution >= 0.6 is 0 Å². The van der Waals surface area contributed by atoms with Crippen LogP contribution in [0.5, 0.6) is 0 Å². The molecule has 0 spiro atoms. The summed E-state index contributed by atoms with van der Waals surface area (Å²) in [4.78, 5) is 27.0. The van der Waals surface area contributed by atoms with Gasteiger partial charge in [0.05, 0.1) is 0 Å². The van der Waals surface area contributed by atoms with Crippen LogP contribution in [0.1, 0.15) is 37.8 Å². The van der Waals surface area contributed by atoms with Crippen molar-refractivity contribution in [3.05, 3.63) is 65.7 Å². The van der Waals surface area contributed by atoms with Crippen molar-refractivity contribution >= 4 is 17.5 Å². The molecule has 2 aromatic carbocycles. The molecule has 1 saturated heterocycles. The third kappa shape index (κ3) is 3.43. The highest BCUT2D eigenvalue weighted by molar-refractivity contribution is 6.06. The fourth-order valence-corrected chi connectivity index (χ4v) is 3.34. The second-order valence-electron chi connectivity index (χ2n) is 6.69. The van der Waals surface area contributed by atoms with Gasteiger partial charge in [-0.3, -0.25) is 14.5 Å². The van der Waals surface area contributed by atoms with Crippen molar-refractivity contribution in [1.29, 1.82) is 0 Å². The largest absolute Gasteiger partial charge is 0.350 e. The molecule has 4 nitrogen and oxygen atoms in total. The Labute approximate surface area is 148 Å². The highest BCUT2D eigenvalue weighted by Gasteiger charge is 2.47. The van der Waals surface area contributed by atoms with E-state index >= 15 is 0 Å². The van der Waals surface area contributed by atoms with Gasteiger partial charge in [-0.1, -0.05) is 49.4 Å². The van der Waals surface area contributed by atoms with Gasteiger partial charge in [-0.05, 0) is 43.0 Å². The zero-order valence-electron chi connectivity index (χ0n) is 14.8. The fraction of sp³-hybridized carbons (Fsp3) is 0.333. The first-order valence-electron chi connectivity index (χ1n) is 8.79. The van der Waals surface area contributed by atoms with Crippen LogP contribution < -0.4 is 10.2 Å². The van der Waals surface area contributed by atoms with Gasteiger partial charge in [-0.2, -0.15) is 0 Å². The molecule has 1 N–H and O–H groups in total. The SMILES string of the molecule is CCc1ccc(N2C(=O)CC[C@]2(C)C(=O)NCc2ccccc2)cc1. The first-order chi connectivity index (χ1) is 12.0. The van der Waals surface area contributed by atoms with Crippen molar-refractivity contribution in [2.45, 2.75) is 45.2 Å². The van der Waals surface area contributed by atoms with E-state index in [1.165, 1.54) is 5.56 Å². The molecule has 3 rings (SSSR count). The normalized spacial score (nSPS) is 19.9. The summed E-state index contributed by atoms with van der Waals surface area (Å²) in [7, 11) is 0. The Morgan fingerprint density at radius 3 is 2.40 bits per heavy atom. The number of anilines is 1. The van der Waals surface area contributed by atoms with E-state index in [-0.39, 0.29) is 11.8 Å². The van der Waals surface area contributed by atoms with Crippen molar-refractivity contribution in [3.8, 4) is 0 Å². The summed E-state index contributed by atoms with van der Waals surface area (Å²) in [6.45, 7) is 4.41. The highest BCUT2D eigenvalue weighted by Crippen LogP contribution is 2.35. The van der Waals surface area contributed by atoms with Crippen LogP contribution in [0.2, 0.25) is 0 Å². The molecule has 1 fully saturated rings. The van der Waals surface area contributed by atoms with Gasteiger partial charge in [-0.15, -0.1) is 0 Å². The van der Waals surface area contributed by atoms with Gasteiger partial charge in [-0.25, -0.2) is 0 Å². The summed E-state index contributed by atoms with van der Waals surface area (Å²) < 4.78 is 0. The third-order valence-corrected chi connectivity index (χ3v) is 4.96. The Balaban J connectivity index is 1.79. The molecule has 0 radical (unpaired) electrons. The van der Waals surface area contributed by atoms with Gasteiger partial charge in [0.25, 0.3) is 0 Å². The number of aryl methyl sites for hydroxylation is 1. The number of rotatable bonds is 5. The minimum atomic E-state index is -0.848. The van der Waals surface area contributed by atoms with E-state index < -0.39 is 5.54 Å². The topological polar surface area (TPSA) is 49.4 Å². The van der Waals surface area contributed by atoms with Crippen LogP contribution in [0, 0.1) is 0 Å². The van der Waals surface area contributed by atoms with Gasteiger partial charge < -0.3 is 5.32 Å². The molecule has 1 atom stereocenters. The zero-order valence-corrected chi connectivity index (χ0v) is 14.8. The van der Waals surface area contributed by atoms with Gasteiger partial charge in [0.1, 0.15) is 5.54 Å². The maximum atomic E-state index is 12.9. The Kier molecular flexibility index (Phi) is 4.88. The van der Waals surface area contributed by atoms with Crippen LogP contribution in [-0.4, -0.2) is 17.4 Å². The molecule has 0 aliphatic carbocycles. The standard InChI is InChI=1S/C21H24N2O2/c1-3-16-9-11-18(12-10-16)23-19(24)13-14-21(23,2)20(25)22-15-17-7-5-4-6-8-17/h4-12H,3,13-15H2,1-2H3,(H,22,25)/t21-/m1/s1. The van der Waals surface area contributed by atoms with Crippen molar-refractivity contribution < 1.29 is 9.59 Å². The molecule has 25 heavy (non-hydrogen) atoms. The molecule has 0 saturated carbocycles. The number of nitrogens with zero attached hydrogens (tertiary/aromatic N) is 1. The quantitative estimate of drug-likeness (QED) is 0.909. The number of hydrogen-bond acceptors (Lipinski definition) is 2. The summed E-state index contributed by atoms with van der Waals surface area (Å²) >= 11 is 0. The summed E-state index contributed by atoms with van der Waals surface area (Å²) in [5.41, 5.74) is 2.20. The summed E-state index contributed by atoms with van der Waals surface area (Å²) in [6, 6.07) is 17.7. The molecule has 0 unspecified atom stereocenters. The lowest BCUT2D eigenvalue weighted by Gasteiger charge is -2.34. The molecule has 0 bridgehead atoms. The number of hydrogen-bond donors (Lipinski definition) is 1. The van der Waals surface area contributed by atoms with Gasteiger partial charge in [0.15, 0.2) is 0 Å². The molecule has 2 amide bonds. The Hall–Kier alpha value is -2.62. The summed E-state index contributed by atoms with van der Waals surface area (Å²) in [6.07, 6.45) is 1.87. The van der Waals surface area contributed by atoms with Crippen LogP contribution in [0.15, 0.2) is 54.6 Å². The van der Waals surface area contributed by atoms with Crippen LogP contribution in [0.3, 0.4) is 0 Å². The average molecular weight is 336 g/mol. The van der Waals surface area contributed by atoms with Crippen molar-refractivity contribution in [2.75, 3.05) is 4.90 Å². The molecule has 4 heteroatoms. The smallest absolute Gasteiger partial charge is 0.246 e. The van der Waals surface area contributed by atoms with Gasteiger partial charge in [0.2, 0.25) is 11.8 Å². The number of amides is 2. The lowest BCUT2D eigenvalue weighted by molar-refractivity contribution is -0.127. The summed E-state index contributed by atoms with van der Waals surface area (Å²) in [5.74, 6) is -0.108. The molecule has 1 aliphatic heterocycles. The maximum Gasteiger partial charge on any atom is 0.246 e. The van der Waals surface area contributed by atoms with E-state index in [1.54, 1.807) is 4.90 Å². The molecule has 130 valence electrons. The maximum absolute atomic E-state index is 12.9. The van der Waals surface area contributed by atoms with Gasteiger partial charge in [0, 0.05) is 18.7 Å². The number of nitrogens with one attached hydrogen (secondary N) is 1. The second-order valence-corrected chi connectivity index (χ2v) is 6.69. The lowest BCUT2D eigenvalue weighted by Crippen LogP contribution is -2.54. The monoisotopic (exact) mass is 336 g/mol. The van der Waals surface area contributed by atoms with E-state index in [2.05, 4.69) is 12.2 Å². The molecular formula is C21H24N2O2. The lowest BCUT2D eigenvalue weighted by atomic mass is 9.96. The fourth-order valence-electron chi connectivity index (χ4n) is 3.34. The first kappa shape index (κ1) is 17.2. The predicted molar refractivity (Wildman–Crippen MR) is 99.2 cm³/mol. The summed E-state index contributed by atoms with van der Waals surface area (Å²) in [5, 5.41) is 2.99. The third-order valence-electron chi connectivity index (χ3n) is 4.96. The Morgan fingerprint density at radius 2 is 1.76 bits per heavy atom. The van der Waals surface area contributed by atoms with Gasteiger partial charge >= 0.3 is 0 Å². The van der Waals surface area contributed by atoms with Crippen molar-refractivity contribution in [2.24, 2.45) is 0 Å². The van der Waals surface area contributed by atoms with Crippen molar-refractivity contribution in [3.63, 3.8) is 0 Å². The van der Waals surface area contributed by atoms with Crippen molar-refractivity contribution in [1.82, 2.24) is 5.32 Å². The number of carbonyl (C=O) groups is 2. The predicted octanol–water partition coefficient (Wildman–Crippen LogP) is 3.45. The van der Waals surface area contributed by atoms with Crippen LogP contribution in [0.25, 0.3) is 0 Å². The van der Waals surface area contributed by atoms with Crippen LogP contribution in [0.4, 0.5) is 5.69 Å². The Bertz CT molecular complexity index is 755.